The third-order valence-electron chi connectivity index (χ3n) is 6.23. The number of halogens is 1. The number of carbonyl (C=O) groups excluding carboxylic acids is 1. The summed E-state index contributed by atoms with van der Waals surface area (Å²) in [6, 6.07) is 23.8. The Morgan fingerprint density at radius 1 is 1.03 bits per heavy atom. The summed E-state index contributed by atoms with van der Waals surface area (Å²) in [6.45, 7) is 3.91. The minimum atomic E-state index is 0.0336. The molecule has 1 aliphatic heterocycles. The van der Waals surface area contributed by atoms with E-state index in [0.29, 0.717) is 31.1 Å². The van der Waals surface area contributed by atoms with E-state index in [1.807, 2.05) is 59.5 Å². The van der Waals surface area contributed by atoms with Crippen LogP contribution in [0.3, 0.4) is 0 Å². The van der Waals surface area contributed by atoms with E-state index in [9.17, 15) is 4.79 Å². The first-order valence-electron chi connectivity index (χ1n) is 11.3. The first-order chi connectivity index (χ1) is 16.1. The Bertz CT molecular complexity index is 1270. The maximum Gasteiger partial charge on any atom is 0.227 e. The normalized spacial score (nSPS) is 16.0. The lowest BCUT2D eigenvalue weighted by molar-refractivity contribution is -0.117. The summed E-state index contributed by atoms with van der Waals surface area (Å²) in [7, 11) is 0. The van der Waals surface area contributed by atoms with Gasteiger partial charge in [0.2, 0.25) is 5.91 Å². The highest BCUT2D eigenvalue weighted by Gasteiger charge is 2.34. The lowest BCUT2D eigenvalue weighted by atomic mass is 10.1. The molecule has 1 aliphatic rings. The Hall–Kier alpha value is -3.31. The van der Waals surface area contributed by atoms with Crippen molar-refractivity contribution in [3.8, 4) is 5.75 Å². The van der Waals surface area contributed by atoms with Gasteiger partial charge in [0.15, 0.2) is 0 Å². The Morgan fingerprint density at radius 2 is 1.79 bits per heavy atom. The number of aryl methyl sites for hydroxylation is 1. The molecule has 1 amide bonds. The SMILES string of the molecule is CCc1ccc(N2C[C@H](c3nc4ccccc4n3CCOc3ccc(Cl)cc3)CC2=O)cc1. The minimum Gasteiger partial charge on any atom is -0.492 e. The molecule has 0 bridgehead atoms. The van der Waals surface area contributed by atoms with Crippen LogP contribution in [0.25, 0.3) is 11.0 Å². The number of aromatic nitrogens is 2. The number of hydrogen-bond donors (Lipinski definition) is 0. The maximum atomic E-state index is 12.9. The number of fused-ring (bicyclic) bond motifs is 1. The zero-order valence-corrected chi connectivity index (χ0v) is 19.3. The molecule has 1 saturated heterocycles. The number of imidazole rings is 1. The van der Waals surface area contributed by atoms with Gasteiger partial charge in [-0.05, 0) is 60.5 Å². The number of rotatable bonds is 7. The van der Waals surface area contributed by atoms with Gasteiger partial charge < -0.3 is 14.2 Å². The molecule has 6 heteroatoms. The van der Waals surface area contributed by atoms with E-state index < -0.39 is 0 Å². The average molecular weight is 460 g/mol. The zero-order chi connectivity index (χ0) is 22.8. The van der Waals surface area contributed by atoms with Crippen LogP contribution in [0.2, 0.25) is 5.02 Å². The highest BCUT2D eigenvalue weighted by Crippen LogP contribution is 2.33. The maximum absolute atomic E-state index is 12.9. The van der Waals surface area contributed by atoms with Crippen molar-refractivity contribution in [1.82, 2.24) is 9.55 Å². The largest absolute Gasteiger partial charge is 0.492 e. The predicted molar refractivity (Wildman–Crippen MR) is 132 cm³/mol. The van der Waals surface area contributed by atoms with Crippen molar-refractivity contribution in [2.75, 3.05) is 18.1 Å². The summed E-state index contributed by atoms with van der Waals surface area (Å²) in [5.41, 5.74) is 4.22. The Kier molecular flexibility index (Phi) is 6.05. The first-order valence-corrected chi connectivity index (χ1v) is 11.7. The Morgan fingerprint density at radius 3 is 2.55 bits per heavy atom. The lowest BCUT2D eigenvalue weighted by Crippen LogP contribution is -2.24. The number of anilines is 1. The number of benzene rings is 3. The lowest BCUT2D eigenvalue weighted by Gasteiger charge is -2.18. The Labute approximate surface area is 198 Å². The second-order valence-corrected chi connectivity index (χ2v) is 8.77. The number of amides is 1. The molecule has 0 aliphatic carbocycles. The smallest absolute Gasteiger partial charge is 0.227 e. The summed E-state index contributed by atoms with van der Waals surface area (Å²) in [4.78, 5) is 19.7. The average Bonchev–Trinajstić information content (AvgIpc) is 3.41. The van der Waals surface area contributed by atoms with Crippen LogP contribution in [0, 0.1) is 0 Å². The van der Waals surface area contributed by atoms with Crippen molar-refractivity contribution in [3.63, 3.8) is 0 Å². The van der Waals surface area contributed by atoms with Gasteiger partial charge in [0.1, 0.15) is 18.2 Å². The molecule has 0 spiro atoms. The molecular weight excluding hydrogens is 434 g/mol. The van der Waals surface area contributed by atoms with Crippen LogP contribution in [0.4, 0.5) is 5.69 Å². The number of ether oxygens (including phenoxy) is 1. The van der Waals surface area contributed by atoms with Crippen LogP contribution >= 0.6 is 11.6 Å². The molecular formula is C27H26ClN3O2. The van der Waals surface area contributed by atoms with Gasteiger partial charge in [0, 0.05) is 29.6 Å². The van der Waals surface area contributed by atoms with Crippen molar-refractivity contribution >= 4 is 34.2 Å². The van der Waals surface area contributed by atoms with E-state index >= 15 is 0 Å². The van der Waals surface area contributed by atoms with Crippen molar-refractivity contribution in [1.29, 1.82) is 0 Å². The van der Waals surface area contributed by atoms with Gasteiger partial charge in [-0.1, -0.05) is 42.8 Å². The monoisotopic (exact) mass is 459 g/mol. The number of para-hydroxylation sites is 2. The molecule has 3 aromatic carbocycles. The summed E-state index contributed by atoms with van der Waals surface area (Å²) >= 11 is 5.97. The second-order valence-electron chi connectivity index (χ2n) is 8.34. The fraction of sp³-hybridized carbons (Fsp3) is 0.259. The topological polar surface area (TPSA) is 47.4 Å². The number of nitrogens with zero attached hydrogens (tertiary/aromatic N) is 3. The molecule has 4 aromatic rings. The fourth-order valence-electron chi connectivity index (χ4n) is 4.47. The van der Waals surface area contributed by atoms with E-state index in [4.69, 9.17) is 21.3 Å². The van der Waals surface area contributed by atoms with Crippen molar-refractivity contribution < 1.29 is 9.53 Å². The third-order valence-corrected chi connectivity index (χ3v) is 6.48. The van der Waals surface area contributed by atoms with E-state index in [2.05, 4.69) is 29.7 Å². The van der Waals surface area contributed by atoms with Gasteiger partial charge in [-0.2, -0.15) is 0 Å². The van der Waals surface area contributed by atoms with E-state index in [-0.39, 0.29) is 11.8 Å². The summed E-state index contributed by atoms with van der Waals surface area (Å²) < 4.78 is 8.15. The Balaban J connectivity index is 1.38. The minimum absolute atomic E-state index is 0.0336. The van der Waals surface area contributed by atoms with Gasteiger partial charge in [-0.15, -0.1) is 0 Å². The van der Waals surface area contributed by atoms with E-state index in [1.54, 1.807) is 0 Å². The molecule has 1 atom stereocenters. The zero-order valence-electron chi connectivity index (χ0n) is 18.6. The van der Waals surface area contributed by atoms with Gasteiger partial charge in [-0.25, -0.2) is 4.98 Å². The van der Waals surface area contributed by atoms with Gasteiger partial charge in [0.25, 0.3) is 0 Å². The van der Waals surface area contributed by atoms with Gasteiger partial charge >= 0.3 is 0 Å². The first kappa shape index (κ1) is 21.5. The fourth-order valence-corrected chi connectivity index (χ4v) is 4.59. The molecule has 33 heavy (non-hydrogen) atoms. The number of carbonyl (C=O) groups is 1. The highest BCUT2D eigenvalue weighted by atomic mass is 35.5. The van der Waals surface area contributed by atoms with Crippen LogP contribution in [-0.4, -0.2) is 28.6 Å². The van der Waals surface area contributed by atoms with Crippen LogP contribution < -0.4 is 9.64 Å². The molecule has 0 saturated carbocycles. The van der Waals surface area contributed by atoms with E-state index in [0.717, 1.165) is 34.7 Å². The van der Waals surface area contributed by atoms with Crippen LogP contribution in [0.5, 0.6) is 5.75 Å². The van der Waals surface area contributed by atoms with Crippen molar-refractivity contribution in [2.45, 2.75) is 32.2 Å². The molecule has 1 fully saturated rings. The van der Waals surface area contributed by atoms with Crippen molar-refractivity contribution in [3.05, 3.63) is 89.2 Å². The molecule has 5 rings (SSSR count). The van der Waals surface area contributed by atoms with Crippen molar-refractivity contribution in [2.24, 2.45) is 0 Å². The summed E-state index contributed by atoms with van der Waals surface area (Å²) in [5.74, 6) is 1.90. The molecule has 2 heterocycles. The molecule has 1 aromatic heterocycles. The third kappa shape index (κ3) is 4.46. The highest BCUT2D eigenvalue weighted by molar-refractivity contribution is 6.30. The number of hydrogen-bond acceptors (Lipinski definition) is 3. The second kappa shape index (κ2) is 9.28. The van der Waals surface area contributed by atoms with Gasteiger partial charge in [-0.3, -0.25) is 4.79 Å². The predicted octanol–water partition coefficient (Wildman–Crippen LogP) is 5.85. The van der Waals surface area contributed by atoms with Gasteiger partial charge in [0.05, 0.1) is 17.6 Å². The van der Waals surface area contributed by atoms with Crippen LogP contribution in [-0.2, 0) is 17.8 Å². The molecule has 0 N–H and O–H groups in total. The van der Waals surface area contributed by atoms with E-state index in [1.165, 1.54) is 5.56 Å². The molecule has 0 radical (unpaired) electrons. The molecule has 5 nitrogen and oxygen atoms in total. The quantitative estimate of drug-likeness (QED) is 0.348. The molecule has 168 valence electrons. The molecule has 0 unspecified atom stereocenters. The van der Waals surface area contributed by atoms with Crippen LogP contribution in [0.1, 0.15) is 30.7 Å². The summed E-state index contributed by atoms with van der Waals surface area (Å²) in [6.07, 6.45) is 1.44. The van der Waals surface area contributed by atoms with Crippen LogP contribution in [0.15, 0.2) is 72.8 Å². The summed E-state index contributed by atoms with van der Waals surface area (Å²) in [5, 5.41) is 0.685. The standard InChI is InChI=1S/C27H26ClN3O2/c1-2-19-7-11-22(12-8-19)31-18-20(17-26(31)32)27-29-24-5-3-4-6-25(24)30(27)15-16-33-23-13-9-21(28)10-14-23/h3-14,20H,2,15-18H2,1H3/t20-/m1/s1.